The third-order valence-electron chi connectivity index (χ3n) is 11.5. The van der Waals surface area contributed by atoms with Crippen LogP contribution in [0.2, 0.25) is 0 Å². The molecule has 5 atom stereocenters. The molecule has 0 radical (unpaired) electrons. The van der Waals surface area contributed by atoms with Gasteiger partial charge in [-0.05, 0) is 95.9 Å². The van der Waals surface area contributed by atoms with Gasteiger partial charge in [0, 0.05) is 17.9 Å². The smallest absolute Gasteiger partial charge is 0.408 e. The molecule has 3 heterocycles. The summed E-state index contributed by atoms with van der Waals surface area (Å²) >= 11 is 0. The Kier molecular flexibility index (Phi) is 9.11. The molecular formula is C39H50N4O8S. The van der Waals surface area contributed by atoms with E-state index in [4.69, 9.17) is 9.47 Å². The van der Waals surface area contributed by atoms with Crippen molar-refractivity contribution in [2.45, 2.75) is 132 Å². The number of alkyl carbamates (subject to hydrolysis) is 1. The first-order valence-corrected chi connectivity index (χ1v) is 20.1. The van der Waals surface area contributed by atoms with Gasteiger partial charge in [0.1, 0.15) is 34.6 Å². The van der Waals surface area contributed by atoms with E-state index in [1.807, 2.05) is 36.4 Å². The van der Waals surface area contributed by atoms with Gasteiger partial charge < -0.3 is 25.0 Å². The quantitative estimate of drug-likeness (QED) is 0.378. The van der Waals surface area contributed by atoms with E-state index >= 15 is 0 Å². The van der Waals surface area contributed by atoms with Gasteiger partial charge >= 0.3 is 6.09 Å². The Labute approximate surface area is 305 Å². The van der Waals surface area contributed by atoms with Gasteiger partial charge in [-0.3, -0.25) is 19.1 Å². The fourth-order valence-corrected chi connectivity index (χ4v) is 9.31. The lowest BCUT2D eigenvalue weighted by Crippen LogP contribution is -2.58. The van der Waals surface area contributed by atoms with E-state index in [0.29, 0.717) is 50.7 Å². The number of allylic oxidation sites excluding steroid dienone is 1. The first-order valence-electron chi connectivity index (χ1n) is 18.6. The van der Waals surface area contributed by atoms with Crippen molar-refractivity contribution in [2.24, 2.45) is 5.92 Å². The van der Waals surface area contributed by atoms with Crippen molar-refractivity contribution in [1.82, 2.24) is 20.3 Å². The van der Waals surface area contributed by atoms with Crippen LogP contribution in [0.15, 0.2) is 48.6 Å². The Morgan fingerprint density at radius 3 is 2.54 bits per heavy atom. The fourth-order valence-electron chi connectivity index (χ4n) is 8.00. The highest BCUT2D eigenvalue weighted by Gasteiger charge is 2.64. The molecule has 12 nitrogen and oxygen atoms in total. The Balaban J connectivity index is 1.22. The molecule has 2 aliphatic carbocycles. The summed E-state index contributed by atoms with van der Waals surface area (Å²) < 4.78 is 39.9. The lowest BCUT2D eigenvalue weighted by molar-refractivity contribution is -0.141. The number of aryl methyl sites for hydroxylation is 1. The number of rotatable bonds is 4. The van der Waals surface area contributed by atoms with Crippen LogP contribution in [0.4, 0.5) is 4.79 Å². The molecular weight excluding hydrogens is 685 g/mol. The molecule has 13 heteroatoms. The third kappa shape index (κ3) is 7.00. The van der Waals surface area contributed by atoms with Crippen LogP contribution in [0.3, 0.4) is 0 Å². The molecule has 2 aromatic carbocycles. The van der Waals surface area contributed by atoms with Crippen LogP contribution in [-0.4, -0.2) is 77.2 Å². The zero-order valence-electron chi connectivity index (χ0n) is 30.5. The molecule has 3 N–H and O–H groups in total. The molecule has 1 spiro atoms. The summed E-state index contributed by atoms with van der Waals surface area (Å²) in [6, 6.07) is 10.0. The van der Waals surface area contributed by atoms with E-state index in [1.54, 1.807) is 27.7 Å². The van der Waals surface area contributed by atoms with Crippen molar-refractivity contribution in [1.29, 1.82) is 0 Å². The molecule has 2 saturated carbocycles. The number of carbonyl (C=O) groups is 4. The van der Waals surface area contributed by atoms with Crippen LogP contribution in [0.5, 0.6) is 5.75 Å². The Morgan fingerprint density at radius 2 is 1.79 bits per heavy atom. The van der Waals surface area contributed by atoms with Crippen LogP contribution < -0.4 is 20.1 Å². The van der Waals surface area contributed by atoms with Gasteiger partial charge in [-0.2, -0.15) is 0 Å². The zero-order valence-corrected chi connectivity index (χ0v) is 31.3. The van der Waals surface area contributed by atoms with Crippen molar-refractivity contribution in [3.63, 3.8) is 0 Å². The second kappa shape index (κ2) is 13.1. The topological polar surface area (TPSA) is 160 Å². The number of benzene rings is 2. The standard InChI is InChI=1S/C39H50N4O8S/c1-36(2,3)51-35(47)40-29-15-9-7-5-6-8-13-26-22-39(26,34(46)42-52(48,49)37(4)20-21-37)41-32(44)30-23-38(24-43(30)33(29)45)19-18-28-27-14-11-10-12-25(27)16-17-31(28)50-38/h8,10-14,16-17,26,29-30H,5-7,9,15,18-24H2,1-4H3,(H,40,47)(H,41,44)(H,42,46)/b13-8-/t26-,29+,30+,38+,39-/m1/s1. The van der Waals surface area contributed by atoms with Crippen molar-refractivity contribution in [2.75, 3.05) is 6.54 Å². The number of fused-ring (bicyclic) bond motifs is 5. The van der Waals surface area contributed by atoms with Gasteiger partial charge in [0.2, 0.25) is 21.8 Å². The number of amides is 4. The minimum atomic E-state index is -3.97. The average Bonchev–Trinajstić information content (AvgIpc) is 3.97. The summed E-state index contributed by atoms with van der Waals surface area (Å²) in [5.74, 6) is -1.47. The molecule has 52 heavy (non-hydrogen) atoms. The molecule has 7 rings (SSSR count). The maximum absolute atomic E-state index is 14.6. The highest BCUT2D eigenvalue weighted by Crippen LogP contribution is 2.48. The first kappa shape index (κ1) is 36.2. The summed E-state index contributed by atoms with van der Waals surface area (Å²) in [5.41, 5.74) is -2.10. The van der Waals surface area contributed by atoms with Gasteiger partial charge in [0.15, 0.2) is 0 Å². The molecule has 4 amide bonds. The van der Waals surface area contributed by atoms with Gasteiger partial charge in [-0.15, -0.1) is 0 Å². The number of hydrogen-bond acceptors (Lipinski definition) is 8. The minimum Gasteiger partial charge on any atom is -0.485 e. The Bertz CT molecular complexity index is 1930. The van der Waals surface area contributed by atoms with Crippen LogP contribution in [-0.2, 0) is 35.6 Å². The molecule has 0 aromatic heterocycles. The maximum Gasteiger partial charge on any atom is 0.408 e. The molecule has 0 unspecified atom stereocenters. The maximum atomic E-state index is 14.6. The fraction of sp³-hybridized carbons (Fsp3) is 0.590. The van der Waals surface area contributed by atoms with E-state index in [-0.39, 0.29) is 19.4 Å². The van der Waals surface area contributed by atoms with Crippen molar-refractivity contribution >= 4 is 44.6 Å². The van der Waals surface area contributed by atoms with E-state index in [2.05, 4.69) is 27.5 Å². The second-order valence-corrected chi connectivity index (χ2v) is 18.9. The SMILES string of the molecule is CC(C)(C)OC(=O)N[C@H]1CCCCC/C=C\[C@@H]2C[C@@]2(C(=O)NS(=O)(=O)C2(C)CC2)NC(=O)[C@@H]2C[C@@]3(CCc4c(ccc5ccccc45)O3)CN2C1=O. The normalized spacial score (nSPS) is 30.7. The number of ether oxygens (including phenoxy) is 2. The summed E-state index contributed by atoms with van der Waals surface area (Å²) in [7, 11) is -3.97. The van der Waals surface area contributed by atoms with Crippen molar-refractivity contribution in [3.8, 4) is 5.75 Å². The summed E-state index contributed by atoms with van der Waals surface area (Å²) in [6.45, 7) is 6.94. The third-order valence-corrected chi connectivity index (χ3v) is 13.6. The summed E-state index contributed by atoms with van der Waals surface area (Å²) in [5, 5.41) is 7.93. The molecule has 5 aliphatic rings. The van der Waals surface area contributed by atoms with Gasteiger partial charge in [-0.1, -0.05) is 55.3 Å². The van der Waals surface area contributed by atoms with Crippen molar-refractivity contribution in [3.05, 3.63) is 54.1 Å². The molecule has 3 aliphatic heterocycles. The van der Waals surface area contributed by atoms with Crippen molar-refractivity contribution < 1.29 is 37.1 Å². The highest BCUT2D eigenvalue weighted by molar-refractivity contribution is 7.91. The van der Waals surface area contributed by atoms with E-state index in [0.717, 1.165) is 29.2 Å². The number of nitrogens with one attached hydrogen (secondary N) is 3. The highest BCUT2D eigenvalue weighted by atomic mass is 32.2. The first-order chi connectivity index (χ1) is 24.5. The van der Waals surface area contributed by atoms with Gasteiger partial charge in [0.25, 0.3) is 5.91 Å². The predicted octanol–water partition coefficient (Wildman–Crippen LogP) is 4.79. The van der Waals surface area contributed by atoms with Crippen LogP contribution in [0, 0.1) is 5.92 Å². The Hall–Kier alpha value is -4.13. The minimum absolute atomic E-state index is 0.0952. The van der Waals surface area contributed by atoms with E-state index in [9.17, 15) is 27.6 Å². The molecule has 0 bridgehead atoms. The Morgan fingerprint density at radius 1 is 1.02 bits per heavy atom. The van der Waals surface area contributed by atoms with Gasteiger partial charge in [0.05, 0.1) is 11.3 Å². The molecule has 1 saturated heterocycles. The lowest BCUT2D eigenvalue weighted by Gasteiger charge is -2.36. The van der Waals surface area contributed by atoms with Crippen LogP contribution in [0.1, 0.15) is 97.5 Å². The predicted molar refractivity (Wildman–Crippen MR) is 195 cm³/mol. The van der Waals surface area contributed by atoms with Crippen LogP contribution in [0.25, 0.3) is 10.8 Å². The monoisotopic (exact) mass is 734 g/mol. The average molecular weight is 735 g/mol. The summed E-state index contributed by atoms with van der Waals surface area (Å²) in [4.78, 5) is 57.5. The number of hydrogen-bond donors (Lipinski definition) is 3. The van der Waals surface area contributed by atoms with Gasteiger partial charge in [-0.25, -0.2) is 13.2 Å². The second-order valence-electron chi connectivity index (χ2n) is 16.7. The molecule has 2 aromatic rings. The largest absolute Gasteiger partial charge is 0.485 e. The van der Waals surface area contributed by atoms with E-state index < -0.39 is 73.3 Å². The molecule has 280 valence electrons. The number of carbonyl (C=O) groups excluding carboxylic acids is 4. The van der Waals surface area contributed by atoms with E-state index in [1.165, 1.54) is 4.90 Å². The number of nitrogens with zero attached hydrogens (tertiary/aromatic N) is 1. The lowest BCUT2D eigenvalue weighted by atomic mass is 9.87. The summed E-state index contributed by atoms with van der Waals surface area (Å²) in [6.07, 6.45) is 8.96. The number of sulfonamides is 1. The zero-order chi connectivity index (χ0) is 37.1. The van der Waals surface area contributed by atoms with Crippen LogP contribution >= 0.6 is 0 Å². The molecule has 3 fully saturated rings.